The smallest absolute Gasteiger partial charge is 0.273 e. The summed E-state index contributed by atoms with van der Waals surface area (Å²) < 4.78 is 5.69. The molecule has 6 heteroatoms. The van der Waals surface area contributed by atoms with E-state index in [2.05, 4.69) is 0 Å². The van der Waals surface area contributed by atoms with Crippen LogP contribution in [0, 0.1) is 10.1 Å². The number of nitrogens with zero attached hydrogens (tertiary/aromatic N) is 2. The van der Waals surface area contributed by atoms with Gasteiger partial charge >= 0.3 is 0 Å². The summed E-state index contributed by atoms with van der Waals surface area (Å²) in [7, 11) is 0. The first-order valence-corrected chi connectivity index (χ1v) is 8.45. The standard InChI is InChI=1S/C20H24N2O4/c1-15(26-18-12-8-11-17(13-18)22(24)25)19(23)21(20(2,3)4)14-16-9-6-5-7-10-16/h5-13,15H,14H2,1-4H3/t15-/m1/s1. The number of rotatable bonds is 6. The zero-order valence-electron chi connectivity index (χ0n) is 15.5. The van der Waals surface area contributed by atoms with Gasteiger partial charge in [-0.3, -0.25) is 14.9 Å². The Labute approximate surface area is 153 Å². The number of ether oxygens (including phenoxy) is 1. The lowest BCUT2D eigenvalue weighted by atomic mass is 10.0. The molecule has 26 heavy (non-hydrogen) atoms. The van der Waals surface area contributed by atoms with E-state index in [1.807, 2.05) is 51.1 Å². The molecule has 0 saturated heterocycles. The van der Waals surface area contributed by atoms with Crippen molar-refractivity contribution in [2.45, 2.75) is 45.9 Å². The maximum Gasteiger partial charge on any atom is 0.273 e. The van der Waals surface area contributed by atoms with E-state index in [0.29, 0.717) is 12.3 Å². The predicted molar refractivity (Wildman–Crippen MR) is 99.9 cm³/mol. The number of carbonyl (C=O) groups excluding carboxylic acids is 1. The van der Waals surface area contributed by atoms with Gasteiger partial charge in [0.2, 0.25) is 0 Å². The Morgan fingerprint density at radius 2 is 1.81 bits per heavy atom. The largest absolute Gasteiger partial charge is 0.481 e. The van der Waals surface area contributed by atoms with E-state index in [4.69, 9.17) is 4.74 Å². The van der Waals surface area contributed by atoms with Crippen LogP contribution >= 0.6 is 0 Å². The average molecular weight is 356 g/mol. The van der Waals surface area contributed by atoms with Crippen LogP contribution in [0.1, 0.15) is 33.3 Å². The Balaban J connectivity index is 2.17. The maximum atomic E-state index is 13.0. The van der Waals surface area contributed by atoms with Gasteiger partial charge in [0, 0.05) is 18.2 Å². The highest BCUT2D eigenvalue weighted by Gasteiger charge is 2.31. The number of benzene rings is 2. The fraction of sp³-hybridized carbons (Fsp3) is 0.350. The average Bonchev–Trinajstić information content (AvgIpc) is 2.59. The van der Waals surface area contributed by atoms with Gasteiger partial charge in [0.05, 0.1) is 11.0 Å². The topological polar surface area (TPSA) is 72.7 Å². The normalized spacial score (nSPS) is 12.3. The number of hydrogen-bond donors (Lipinski definition) is 0. The van der Waals surface area contributed by atoms with Gasteiger partial charge in [-0.1, -0.05) is 36.4 Å². The lowest BCUT2D eigenvalue weighted by molar-refractivity contribution is -0.384. The molecule has 6 nitrogen and oxygen atoms in total. The Hall–Kier alpha value is -2.89. The van der Waals surface area contributed by atoms with Crippen LogP contribution in [0.25, 0.3) is 0 Å². The molecule has 0 unspecified atom stereocenters. The second-order valence-corrected chi connectivity index (χ2v) is 7.10. The summed E-state index contributed by atoms with van der Waals surface area (Å²) in [4.78, 5) is 25.1. The van der Waals surface area contributed by atoms with Crippen molar-refractivity contribution in [3.05, 3.63) is 70.3 Å². The van der Waals surface area contributed by atoms with Crippen molar-refractivity contribution in [1.29, 1.82) is 0 Å². The van der Waals surface area contributed by atoms with Crippen molar-refractivity contribution < 1.29 is 14.5 Å². The van der Waals surface area contributed by atoms with Crippen molar-refractivity contribution in [2.75, 3.05) is 0 Å². The highest BCUT2D eigenvalue weighted by atomic mass is 16.6. The van der Waals surface area contributed by atoms with E-state index >= 15 is 0 Å². The fourth-order valence-corrected chi connectivity index (χ4v) is 2.56. The number of amides is 1. The Bertz CT molecular complexity index is 769. The second kappa shape index (κ2) is 7.99. The summed E-state index contributed by atoms with van der Waals surface area (Å²) in [5.41, 5.74) is 0.560. The third-order valence-electron chi connectivity index (χ3n) is 3.95. The lowest BCUT2D eigenvalue weighted by Crippen LogP contribution is -2.50. The fourth-order valence-electron chi connectivity index (χ4n) is 2.56. The van der Waals surface area contributed by atoms with Crippen LogP contribution in [-0.2, 0) is 11.3 Å². The Kier molecular flexibility index (Phi) is 5.97. The van der Waals surface area contributed by atoms with E-state index in [1.54, 1.807) is 17.9 Å². The van der Waals surface area contributed by atoms with Gasteiger partial charge in [0.15, 0.2) is 6.10 Å². The second-order valence-electron chi connectivity index (χ2n) is 7.10. The number of nitro benzene ring substituents is 1. The number of non-ortho nitro benzene ring substituents is 1. The van der Waals surface area contributed by atoms with E-state index in [1.165, 1.54) is 18.2 Å². The molecule has 0 bridgehead atoms. The maximum absolute atomic E-state index is 13.0. The van der Waals surface area contributed by atoms with Crippen molar-refractivity contribution in [3.63, 3.8) is 0 Å². The highest BCUT2D eigenvalue weighted by Crippen LogP contribution is 2.23. The SMILES string of the molecule is C[C@@H](Oc1cccc([N+](=O)[O-])c1)C(=O)N(Cc1ccccc1)C(C)(C)C. The summed E-state index contributed by atoms with van der Waals surface area (Å²) in [5, 5.41) is 10.9. The van der Waals surface area contributed by atoms with Crippen molar-refractivity contribution in [3.8, 4) is 5.75 Å². The van der Waals surface area contributed by atoms with Crippen LogP contribution in [0.5, 0.6) is 5.75 Å². The quantitative estimate of drug-likeness (QED) is 0.575. The molecule has 0 aliphatic heterocycles. The van der Waals surface area contributed by atoms with Crippen LogP contribution in [0.15, 0.2) is 54.6 Å². The molecule has 0 aliphatic carbocycles. The molecule has 2 rings (SSSR count). The first kappa shape index (κ1) is 19.4. The molecule has 1 atom stereocenters. The summed E-state index contributed by atoms with van der Waals surface area (Å²) in [6, 6.07) is 15.6. The molecule has 1 amide bonds. The predicted octanol–water partition coefficient (Wildman–Crippen LogP) is 4.19. The number of hydrogen-bond acceptors (Lipinski definition) is 4. The summed E-state index contributed by atoms with van der Waals surface area (Å²) in [5.74, 6) is 0.126. The molecular formula is C20H24N2O4. The summed E-state index contributed by atoms with van der Waals surface area (Å²) in [6.07, 6.45) is -0.764. The van der Waals surface area contributed by atoms with Crippen molar-refractivity contribution in [2.24, 2.45) is 0 Å². The van der Waals surface area contributed by atoms with Gasteiger partial charge < -0.3 is 9.64 Å². The van der Waals surface area contributed by atoms with Gasteiger partial charge in [0.1, 0.15) is 5.75 Å². The summed E-state index contributed by atoms with van der Waals surface area (Å²) >= 11 is 0. The van der Waals surface area contributed by atoms with Crippen molar-refractivity contribution >= 4 is 11.6 Å². The molecule has 0 aromatic heterocycles. The minimum atomic E-state index is -0.764. The molecule has 2 aromatic rings. The van der Waals surface area contributed by atoms with Gasteiger partial charge in [-0.2, -0.15) is 0 Å². The molecule has 0 aliphatic rings. The Morgan fingerprint density at radius 3 is 2.38 bits per heavy atom. The monoisotopic (exact) mass is 356 g/mol. The highest BCUT2D eigenvalue weighted by molar-refractivity contribution is 5.81. The van der Waals surface area contributed by atoms with Gasteiger partial charge in [0.25, 0.3) is 11.6 Å². The van der Waals surface area contributed by atoms with E-state index in [0.717, 1.165) is 5.56 Å². The van der Waals surface area contributed by atoms with E-state index in [9.17, 15) is 14.9 Å². The zero-order chi connectivity index (χ0) is 19.3. The third kappa shape index (κ3) is 5.05. The van der Waals surface area contributed by atoms with Gasteiger partial charge in [-0.15, -0.1) is 0 Å². The van der Waals surface area contributed by atoms with Gasteiger partial charge in [-0.25, -0.2) is 0 Å². The number of carbonyl (C=O) groups is 1. The van der Waals surface area contributed by atoms with Crippen LogP contribution in [0.3, 0.4) is 0 Å². The van der Waals surface area contributed by atoms with Crippen LogP contribution in [0.4, 0.5) is 5.69 Å². The van der Waals surface area contributed by atoms with Crippen LogP contribution in [0.2, 0.25) is 0 Å². The molecule has 2 aromatic carbocycles. The molecule has 0 saturated carbocycles. The molecule has 0 fully saturated rings. The van der Waals surface area contributed by atoms with Crippen LogP contribution in [-0.4, -0.2) is 27.4 Å². The van der Waals surface area contributed by atoms with Gasteiger partial charge in [-0.05, 0) is 39.3 Å². The van der Waals surface area contributed by atoms with Crippen LogP contribution < -0.4 is 4.74 Å². The minimum absolute atomic E-state index is 0.0703. The molecule has 0 spiro atoms. The van der Waals surface area contributed by atoms with E-state index in [-0.39, 0.29) is 11.6 Å². The summed E-state index contributed by atoms with van der Waals surface area (Å²) in [6.45, 7) is 8.02. The molecular weight excluding hydrogens is 332 g/mol. The first-order valence-electron chi connectivity index (χ1n) is 8.45. The molecule has 0 radical (unpaired) electrons. The third-order valence-corrected chi connectivity index (χ3v) is 3.95. The Morgan fingerprint density at radius 1 is 1.15 bits per heavy atom. The number of nitro groups is 1. The molecule has 0 heterocycles. The first-order chi connectivity index (χ1) is 12.2. The zero-order valence-corrected chi connectivity index (χ0v) is 15.5. The minimum Gasteiger partial charge on any atom is -0.481 e. The van der Waals surface area contributed by atoms with Crippen molar-refractivity contribution in [1.82, 2.24) is 4.90 Å². The lowest BCUT2D eigenvalue weighted by Gasteiger charge is -2.37. The molecule has 138 valence electrons. The van der Waals surface area contributed by atoms with E-state index < -0.39 is 16.6 Å². The molecule has 0 N–H and O–H groups in total.